The lowest BCUT2D eigenvalue weighted by atomic mass is 9.77. The minimum atomic E-state index is -1.85. The van der Waals surface area contributed by atoms with Crippen molar-refractivity contribution in [2.45, 2.75) is 192 Å². The zero-order chi connectivity index (χ0) is 44.9. The van der Waals surface area contributed by atoms with Gasteiger partial charge in [0.25, 0.3) is 0 Å². The molecule has 18 atom stereocenters. The van der Waals surface area contributed by atoms with E-state index in [4.69, 9.17) is 37.9 Å². The Morgan fingerprint density at radius 2 is 1.58 bits per heavy atom. The fraction of sp³-hybridized carbons (Fsp3) is 0.929. The molecule has 3 heterocycles. The second kappa shape index (κ2) is 20.9. The Balaban J connectivity index is 2.23. The van der Waals surface area contributed by atoms with Crippen molar-refractivity contribution in [2.24, 2.45) is 17.8 Å². The standard InChI is InChI=1S/C42H76N2O15/c1-16-30-42(11,51)35(47)26(6)44(14)20-22(2)18-40(9,50)37(59-39-34(57-31(46)21-53-28(8)45)29(43(12)13)17-23(3)54-39)24(4)33(25(5)38(49)56-30)58-32-19-41(10,52-15)36(48)27(7)55-32/h22-27,29-30,32-37,39,47-48,50-51H,16-21H2,1-15H3/t22-,23-,24+,25-,26-,27+,29?,30-,32+,33+,34-,35-,36+,37-,39+,40-,41-,42-/m1/s1. The highest BCUT2D eigenvalue weighted by Crippen LogP contribution is 2.40. The molecule has 17 heteroatoms. The largest absolute Gasteiger partial charge is 0.459 e. The van der Waals surface area contributed by atoms with E-state index in [1.807, 2.05) is 44.8 Å². The average molecular weight is 849 g/mol. The highest BCUT2D eigenvalue weighted by molar-refractivity contribution is 5.75. The van der Waals surface area contributed by atoms with Crippen molar-refractivity contribution in [1.29, 1.82) is 0 Å². The number of cyclic esters (lactones) is 1. The second-order valence-electron chi connectivity index (χ2n) is 18.4. The average Bonchev–Trinajstić information content (AvgIpc) is 3.14. The molecule has 3 fully saturated rings. The number of hydrogen-bond acceptors (Lipinski definition) is 17. The molecule has 0 saturated carbocycles. The number of ether oxygens (including phenoxy) is 8. The fourth-order valence-electron chi connectivity index (χ4n) is 9.19. The molecule has 344 valence electrons. The molecule has 59 heavy (non-hydrogen) atoms. The Kier molecular flexibility index (Phi) is 18.2. The molecule has 0 aliphatic carbocycles. The van der Waals surface area contributed by atoms with Crippen molar-refractivity contribution in [3.05, 3.63) is 0 Å². The van der Waals surface area contributed by atoms with Gasteiger partial charge in [0.1, 0.15) is 23.9 Å². The van der Waals surface area contributed by atoms with E-state index in [-0.39, 0.29) is 31.3 Å². The molecule has 4 N–H and O–H groups in total. The normalized spacial score (nSPS) is 44.9. The van der Waals surface area contributed by atoms with Crippen LogP contribution in [0, 0.1) is 17.8 Å². The maximum atomic E-state index is 14.4. The van der Waals surface area contributed by atoms with Crippen LogP contribution in [0.1, 0.15) is 102 Å². The number of rotatable bonds is 10. The number of esters is 3. The molecule has 0 aromatic heterocycles. The van der Waals surface area contributed by atoms with Crippen LogP contribution < -0.4 is 0 Å². The van der Waals surface area contributed by atoms with Gasteiger partial charge in [-0.3, -0.25) is 9.59 Å². The van der Waals surface area contributed by atoms with Crippen LogP contribution in [0.3, 0.4) is 0 Å². The summed E-state index contributed by atoms with van der Waals surface area (Å²) in [5.74, 6) is -4.38. The van der Waals surface area contributed by atoms with E-state index in [1.165, 1.54) is 21.0 Å². The summed E-state index contributed by atoms with van der Waals surface area (Å²) in [6.45, 7) is 18.2. The minimum absolute atomic E-state index is 0.0791. The van der Waals surface area contributed by atoms with Crippen LogP contribution in [0.2, 0.25) is 0 Å². The first kappa shape index (κ1) is 51.3. The first-order valence-corrected chi connectivity index (χ1v) is 21.1. The Morgan fingerprint density at radius 3 is 2.14 bits per heavy atom. The van der Waals surface area contributed by atoms with Gasteiger partial charge >= 0.3 is 17.9 Å². The van der Waals surface area contributed by atoms with Gasteiger partial charge in [0.15, 0.2) is 25.3 Å². The molecule has 0 amide bonds. The van der Waals surface area contributed by atoms with Gasteiger partial charge < -0.3 is 68.1 Å². The number of carbonyl (C=O) groups is 3. The Labute approximate surface area is 351 Å². The third-order valence-corrected chi connectivity index (χ3v) is 12.8. The van der Waals surface area contributed by atoms with Crippen LogP contribution in [-0.2, 0) is 52.3 Å². The summed E-state index contributed by atoms with van der Waals surface area (Å²) in [6, 6.07) is -1.00. The highest BCUT2D eigenvalue weighted by atomic mass is 16.7. The zero-order valence-electron chi connectivity index (χ0n) is 38.1. The summed E-state index contributed by atoms with van der Waals surface area (Å²) < 4.78 is 48.9. The van der Waals surface area contributed by atoms with Crippen molar-refractivity contribution in [2.75, 3.05) is 41.4 Å². The lowest BCUT2D eigenvalue weighted by Gasteiger charge is -2.49. The van der Waals surface area contributed by atoms with Crippen molar-refractivity contribution < 1.29 is 72.7 Å². The van der Waals surface area contributed by atoms with Crippen molar-refractivity contribution in [3.8, 4) is 0 Å². The van der Waals surface area contributed by atoms with E-state index in [2.05, 4.69) is 0 Å². The van der Waals surface area contributed by atoms with Gasteiger partial charge in [0.05, 0.1) is 47.6 Å². The van der Waals surface area contributed by atoms with Crippen molar-refractivity contribution >= 4 is 17.9 Å². The number of hydrogen-bond donors (Lipinski definition) is 4. The van der Waals surface area contributed by atoms with E-state index < -0.39 is 121 Å². The monoisotopic (exact) mass is 849 g/mol. The quantitative estimate of drug-likeness (QED) is 0.183. The maximum Gasteiger partial charge on any atom is 0.344 e. The van der Waals surface area contributed by atoms with Crippen molar-refractivity contribution in [1.82, 2.24) is 9.80 Å². The van der Waals surface area contributed by atoms with Crippen LogP contribution in [0.15, 0.2) is 0 Å². The molecule has 0 bridgehead atoms. The number of aliphatic hydroxyl groups is 4. The summed E-state index contributed by atoms with van der Waals surface area (Å²) >= 11 is 0. The topological polar surface area (TPSA) is 212 Å². The first-order valence-electron chi connectivity index (χ1n) is 21.1. The SMILES string of the molecule is CC[C@H]1OC(=O)[C@H](C)[C@@H](O[C@H]2C[C@@](C)(OC)[C@@H](O)[C@H](C)O2)[C@H](C)[C@@H](O[C@@H]2O[C@H](C)CC(N(C)C)[C@H]2OC(=O)COC(C)=O)[C@](C)(O)C[C@@H](C)CN(C)[C@H](C)[C@@H](O)[C@]1(C)O. The first-order chi connectivity index (χ1) is 27.2. The van der Waals surface area contributed by atoms with Crippen LogP contribution in [0.25, 0.3) is 0 Å². The third-order valence-electron chi connectivity index (χ3n) is 12.8. The molecule has 0 radical (unpaired) electrons. The number of likely N-dealkylation sites (N-methyl/N-ethyl adjacent to an activating group) is 2. The molecule has 3 aliphatic heterocycles. The van der Waals surface area contributed by atoms with Gasteiger partial charge in [-0.2, -0.15) is 0 Å². The third kappa shape index (κ3) is 12.6. The highest BCUT2D eigenvalue weighted by Gasteiger charge is 2.53. The Morgan fingerprint density at radius 1 is 0.949 bits per heavy atom. The maximum absolute atomic E-state index is 14.4. The Bertz CT molecular complexity index is 1380. The van der Waals surface area contributed by atoms with E-state index in [9.17, 15) is 34.8 Å². The van der Waals surface area contributed by atoms with Crippen LogP contribution in [0.4, 0.5) is 0 Å². The van der Waals surface area contributed by atoms with Crippen molar-refractivity contribution in [3.63, 3.8) is 0 Å². The van der Waals surface area contributed by atoms with Crippen LogP contribution >= 0.6 is 0 Å². The van der Waals surface area contributed by atoms with Crippen LogP contribution in [-0.4, -0.2) is 180 Å². The molecule has 1 unspecified atom stereocenters. The summed E-state index contributed by atoms with van der Waals surface area (Å²) in [7, 11) is 6.96. The number of carbonyl (C=O) groups excluding carboxylic acids is 3. The fourth-order valence-corrected chi connectivity index (χ4v) is 9.19. The van der Waals surface area contributed by atoms with E-state index in [1.54, 1.807) is 48.5 Å². The molecule has 17 nitrogen and oxygen atoms in total. The van der Waals surface area contributed by atoms with Gasteiger partial charge in [-0.05, 0) is 94.8 Å². The van der Waals surface area contributed by atoms with E-state index in [0.717, 1.165) is 0 Å². The molecule has 0 spiro atoms. The summed E-state index contributed by atoms with van der Waals surface area (Å²) in [5.41, 5.74) is -4.60. The van der Waals surface area contributed by atoms with E-state index in [0.29, 0.717) is 13.0 Å². The molecule has 0 aromatic carbocycles. The predicted octanol–water partition coefficient (Wildman–Crippen LogP) is 2.01. The second-order valence-corrected chi connectivity index (χ2v) is 18.4. The molecular formula is C42H76N2O15. The lowest BCUT2D eigenvalue weighted by Crippen LogP contribution is -2.61. The van der Waals surface area contributed by atoms with Crippen LogP contribution in [0.5, 0.6) is 0 Å². The molecular weight excluding hydrogens is 772 g/mol. The Hall–Kier alpha value is -2.03. The van der Waals surface area contributed by atoms with Gasteiger partial charge in [0, 0.05) is 39.0 Å². The van der Waals surface area contributed by atoms with Gasteiger partial charge in [0.2, 0.25) is 0 Å². The molecule has 3 aliphatic rings. The predicted molar refractivity (Wildman–Crippen MR) is 215 cm³/mol. The number of methoxy groups -OCH3 is 1. The lowest BCUT2D eigenvalue weighted by molar-refractivity contribution is -0.319. The minimum Gasteiger partial charge on any atom is -0.459 e. The summed E-state index contributed by atoms with van der Waals surface area (Å²) in [4.78, 5) is 42.8. The van der Waals surface area contributed by atoms with Gasteiger partial charge in [-0.25, -0.2) is 4.79 Å². The molecule has 0 aromatic rings. The summed E-state index contributed by atoms with van der Waals surface area (Å²) in [6.07, 6.45) is -9.26. The van der Waals surface area contributed by atoms with Gasteiger partial charge in [-0.1, -0.05) is 20.8 Å². The number of nitrogens with zero attached hydrogens (tertiary/aromatic N) is 2. The molecule has 3 saturated heterocycles. The zero-order valence-corrected chi connectivity index (χ0v) is 38.1. The summed E-state index contributed by atoms with van der Waals surface area (Å²) in [5, 5.41) is 47.1. The van der Waals surface area contributed by atoms with E-state index >= 15 is 0 Å². The smallest absolute Gasteiger partial charge is 0.344 e. The number of aliphatic hydroxyl groups excluding tert-OH is 2. The molecule has 3 rings (SSSR count). The van der Waals surface area contributed by atoms with Gasteiger partial charge in [-0.15, -0.1) is 0 Å².